The molecule has 1 heterocycles. The van der Waals surface area contributed by atoms with Crippen LogP contribution in [0.4, 0.5) is 0 Å². The summed E-state index contributed by atoms with van der Waals surface area (Å²) < 4.78 is 1.07. The Morgan fingerprint density at radius 3 is 2.75 bits per heavy atom. The van der Waals surface area contributed by atoms with Crippen molar-refractivity contribution in [1.29, 1.82) is 0 Å². The van der Waals surface area contributed by atoms with E-state index in [0.717, 1.165) is 23.2 Å². The molecule has 1 aliphatic rings. The van der Waals surface area contributed by atoms with E-state index in [2.05, 4.69) is 11.8 Å². The summed E-state index contributed by atoms with van der Waals surface area (Å²) in [5.74, 6) is 3.60. The van der Waals surface area contributed by atoms with Gasteiger partial charge >= 0.3 is 0 Å². The molecule has 70 valence electrons. The van der Waals surface area contributed by atoms with Crippen LogP contribution < -0.4 is 0 Å². The van der Waals surface area contributed by atoms with E-state index in [1.54, 1.807) is 10.8 Å². The summed E-state index contributed by atoms with van der Waals surface area (Å²) in [5.41, 5.74) is 0. The van der Waals surface area contributed by atoms with E-state index in [9.17, 15) is 0 Å². The van der Waals surface area contributed by atoms with Crippen molar-refractivity contribution in [2.24, 2.45) is 0 Å². The van der Waals surface area contributed by atoms with Gasteiger partial charge in [0.2, 0.25) is 0 Å². The van der Waals surface area contributed by atoms with Crippen LogP contribution in [0.1, 0.15) is 6.92 Å². The van der Waals surface area contributed by atoms with E-state index in [4.69, 9.17) is 12.2 Å². The van der Waals surface area contributed by atoms with E-state index < -0.39 is 0 Å². The fourth-order valence-electron chi connectivity index (χ4n) is 0.908. The third kappa shape index (κ3) is 3.77. The molecule has 1 aliphatic heterocycles. The van der Waals surface area contributed by atoms with Crippen molar-refractivity contribution < 1.29 is 0 Å². The topological polar surface area (TPSA) is 3.24 Å². The van der Waals surface area contributed by atoms with Gasteiger partial charge in [0.25, 0.3) is 0 Å². The Kier molecular flexibility index (Phi) is 5.88. The molecule has 0 amide bonds. The molecular formula is C7H13NS4. The Hall–Kier alpha value is 0.940. The summed E-state index contributed by atoms with van der Waals surface area (Å²) >= 11 is 7.32. The Balaban J connectivity index is 2.20. The molecule has 0 aromatic heterocycles. The first kappa shape index (κ1) is 11.0. The van der Waals surface area contributed by atoms with Crippen molar-refractivity contribution in [2.45, 2.75) is 6.92 Å². The summed E-state index contributed by atoms with van der Waals surface area (Å²) in [6.07, 6.45) is 0. The zero-order chi connectivity index (χ0) is 8.81. The van der Waals surface area contributed by atoms with Crippen molar-refractivity contribution in [2.75, 3.05) is 30.3 Å². The molecule has 1 rings (SSSR count). The van der Waals surface area contributed by atoms with Crippen LogP contribution in [0.15, 0.2) is 0 Å². The molecule has 0 unspecified atom stereocenters. The molecule has 0 aromatic rings. The molecular weight excluding hydrogens is 226 g/mol. The molecule has 0 bridgehead atoms. The van der Waals surface area contributed by atoms with Crippen molar-refractivity contribution in [3.05, 3.63) is 0 Å². The second kappa shape index (κ2) is 6.40. The first-order valence-corrected chi connectivity index (χ1v) is 7.89. The zero-order valence-corrected chi connectivity index (χ0v) is 10.4. The SMILES string of the molecule is CCSSC(=S)N1CCSCC1. The van der Waals surface area contributed by atoms with Gasteiger partial charge in [-0.2, -0.15) is 11.8 Å². The van der Waals surface area contributed by atoms with Crippen molar-refractivity contribution in [3.8, 4) is 0 Å². The van der Waals surface area contributed by atoms with Crippen LogP contribution in [-0.2, 0) is 0 Å². The van der Waals surface area contributed by atoms with Gasteiger partial charge in [-0.15, -0.1) is 0 Å². The van der Waals surface area contributed by atoms with E-state index in [1.807, 2.05) is 22.6 Å². The first-order chi connectivity index (χ1) is 5.84. The van der Waals surface area contributed by atoms with Crippen LogP contribution in [0.5, 0.6) is 0 Å². The fourth-order valence-corrected chi connectivity index (χ4v) is 3.91. The minimum absolute atomic E-state index is 1.07. The molecule has 0 aromatic carbocycles. The lowest BCUT2D eigenvalue weighted by atomic mass is 10.6. The van der Waals surface area contributed by atoms with Gasteiger partial charge in [0.1, 0.15) is 4.32 Å². The largest absolute Gasteiger partial charge is 0.355 e. The Bertz CT molecular complexity index is 144. The third-order valence-corrected chi connectivity index (χ3v) is 5.57. The van der Waals surface area contributed by atoms with Gasteiger partial charge in [0.05, 0.1) is 0 Å². The average Bonchev–Trinajstić information content (AvgIpc) is 2.15. The predicted molar refractivity (Wildman–Crippen MR) is 67.2 cm³/mol. The first-order valence-electron chi connectivity index (χ1n) is 4.00. The minimum atomic E-state index is 1.07. The highest BCUT2D eigenvalue weighted by atomic mass is 33.1. The highest BCUT2D eigenvalue weighted by Gasteiger charge is 2.13. The van der Waals surface area contributed by atoms with Crippen molar-refractivity contribution in [3.63, 3.8) is 0 Å². The highest BCUT2D eigenvalue weighted by Crippen LogP contribution is 2.25. The maximum Gasteiger partial charge on any atom is 0.147 e. The number of thioether (sulfide) groups is 1. The second-order valence-corrected chi connectivity index (χ2v) is 6.80. The predicted octanol–water partition coefficient (Wildman–Crippen LogP) is 2.72. The lowest BCUT2D eigenvalue weighted by molar-refractivity contribution is 0.480. The molecule has 0 saturated carbocycles. The van der Waals surface area contributed by atoms with Crippen LogP contribution in [0.25, 0.3) is 0 Å². The van der Waals surface area contributed by atoms with Crippen LogP contribution in [0, 0.1) is 0 Å². The maximum atomic E-state index is 5.30. The van der Waals surface area contributed by atoms with Gasteiger partial charge in [-0.05, 0) is 10.8 Å². The summed E-state index contributed by atoms with van der Waals surface area (Å²) in [4.78, 5) is 2.32. The molecule has 0 spiro atoms. The molecule has 1 nitrogen and oxygen atoms in total. The fraction of sp³-hybridized carbons (Fsp3) is 0.857. The monoisotopic (exact) mass is 239 g/mol. The molecule has 1 fully saturated rings. The minimum Gasteiger partial charge on any atom is -0.355 e. The van der Waals surface area contributed by atoms with Crippen molar-refractivity contribution >= 4 is 49.9 Å². The summed E-state index contributed by atoms with van der Waals surface area (Å²) in [6.45, 7) is 4.44. The lowest BCUT2D eigenvalue weighted by Gasteiger charge is -2.27. The number of thiocarbonyl (C=S) groups is 1. The second-order valence-electron chi connectivity index (χ2n) is 2.36. The normalized spacial score (nSPS) is 17.9. The number of rotatable bonds is 2. The van der Waals surface area contributed by atoms with Gasteiger partial charge in [-0.1, -0.05) is 29.9 Å². The van der Waals surface area contributed by atoms with E-state index >= 15 is 0 Å². The molecule has 5 heteroatoms. The smallest absolute Gasteiger partial charge is 0.147 e. The van der Waals surface area contributed by atoms with Gasteiger partial charge in [0.15, 0.2) is 0 Å². The number of hydrogen-bond donors (Lipinski definition) is 0. The van der Waals surface area contributed by atoms with Crippen LogP contribution in [0.3, 0.4) is 0 Å². The molecule has 0 N–H and O–H groups in total. The maximum absolute atomic E-state index is 5.30. The molecule has 1 saturated heterocycles. The Labute approximate surface area is 91.8 Å². The molecule has 0 radical (unpaired) electrons. The summed E-state index contributed by atoms with van der Waals surface area (Å²) in [6, 6.07) is 0. The van der Waals surface area contributed by atoms with E-state index in [1.165, 1.54) is 11.5 Å². The van der Waals surface area contributed by atoms with E-state index in [-0.39, 0.29) is 0 Å². The zero-order valence-electron chi connectivity index (χ0n) is 7.12. The molecule has 12 heavy (non-hydrogen) atoms. The van der Waals surface area contributed by atoms with Crippen LogP contribution in [0.2, 0.25) is 0 Å². The standard InChI is InChI=1S/C7H13NS4/c1-2-11-12-7(9)8-3-5-10-6-4-8/h2-6H2,1H3. The quantitative estimate of drug-likeness (QED) is 0.537. The van der Waals surface area contributed by atoms with E-state index in [0.29, 0.717) is 0 Å². The van der Waals surface area contributed by atoms with Crippen LogP contribution >= 0.6 is 45.6 Å². The highest BCUT2D eigenvalue weighted by molar-refractivity contribution is 8.83. The summed E-state index contributed by atoms with van der Waals surface area (Å²) in [7, 11) is 3.58. The molecule has 0 aliphatic carbocycles. The lowest BCUT2D eigenvalue weighted by Crippen LogP contribution is -2.34. The summed E-state index contributed by atoms with van der Waals surface area (Å²) in [5, 5.41) is 0. The molecule has 0 atom stereocenters. The Morgan fingerprint density at radius 1 is 1.50 bits per heavy atom. The average molecular weight is 239 g/mol. The number of nitrogens with zero attached hydrogens (tertiary/aromatic N) is 1. The van der Waals surface area contributed by atoms with Gasteiger partial charge in [-0.3, -0.25) is 0 Å². The van der Waals surface area contributed by atoms with Crippen LogP contribution in [-0.4, -0.2) is 39.6 Å². The van der Waals surface area contributed by atoms with Gasteiger partial charge < -0.3 is 4.90 Å². The Morgan fingerprint density at radius 2 is 2.17 bits per heavy atom. The van der Waals surface area contributed by atoms with Gasteiger partial charge in [-0.25, -0.2) is 0 Å². The third-order valence-electron chi connectivity index (χ3n) is 1.52. The number of hydrogen-bond acceptors (Lipinski definition) is 4. The van der Waals surface area contributed by atoms with Gasteiger partial charge in [0, 0.05) is 30.3 Å². The van der Waals surface area contributed by atoms with Crippen molar-refractivity contribution in [1.82, 2.24) is 4.90 Å².